The predicted octanol–water partition coefficient (Wildman–Crippen LogP) is 0.745. The van der Waals surface area contributed by atoms with Crippen molar-refractivity contribution in [2.75, 3.05) is 6.54 Å². The van der Waals surface area contributed by atoms with Crippen LogP contribution in [-0.4, -0.2) is 6.54 Å². The van der Waals surface area contributed by atoms with Gasteiger partial charge in [0.15, 0.2) is 0 Å². The minimum Gasteiger partial charge on any atom is -0.330 e. The van der Waals surface area contributed by atoms with Gasteiger partial charge in [-0.05, 0) is 37.1 Å². The lowest BCUT2D eigenvalue weighted by atomic mass is 9.44. The Morgan fingerprint density at radius 3 is 2.00 bits per heavy atom. The van der Waals surface area contributed by atoms with Gasteiger partial charge >= 0.3 is 0 Å². The molecule has 3 rings (SSSR count). The summed E-state index contributed by atoms with van der Waals surface area (Å²) in [6.07, 6.45) is 4.34. The maximum Gasteiger partial charge on any atom is -0.00202 e. The normalized spacial score (nSPS) is 55.3. The monoisotopic (exact) mass is 97.1 g/mol. The smallest absolute Gasteiger partial charge is 0.00202 e. The number of rotatable bonds is 1. The molecule has 0 spiro atoms. The summed E-state index contributed by atoms with van der Waals surface area (Å²) in [5.74, 6) is 1.10. The Hall–Kier alpha value is -0.0400. The molecule has 3 aliphatic carbocycles. The molecule has 0 aromatic heterocycles. The van der Waals surface area contributed by atoms with E-state index in [2.05, 4.69) is 0 Å². The summed E-state index contributed by atoms with van der Waals surface area (Å²) in [5.41, 5.74) is 6.19. The largest absolute Gasteiger partial charge is 0.330 e. The molecule has 2 bridgehead atoms. The Labute approximate surface area is 43.9 Å². The first-order chi connectivity index (χ1) is 3.35. The van der Waals surface area contributed by atoms with Crippen molar-refractivity contribution in [2.24, 2.45) is 17.1 Å². The van der Waals surface area contributed by atoms with Crippen molar-refractivity contribution in [1.29, 1.82) is 0 Å². The Morgan fingerprint density at radius 1 is 1.43 bits per heavy atom. The molecule has 0 unspecified atom stereocenters. The van der Waals surface area contributed by atoms with Crippen LogP contribution in [0.5, 0.6) is 0 Å². The van der Waals surface area contributed by atoms with Gasteiger partial charge in [-0.25, -0.2) is 0 Å². The van der Waals surface area contributed by atoms with E-state index in [1.165, 1.54) is 19.3 Å². The van der Waals surface area contributed by atoms with E-state index >= 15 is 0 Å². The summed E-state index contributed by atoms with van der Waals surface area (Å²) < 4.78 is 0. The molecule has 1 heteroatoms. The number of hydrogen-bond donors (Lipinski definition) is 1. The van der Waals surface area contributed by atoms with Crippen molar-refractivity contribution in [3.63, 3.8) is 0 Å². The second kappa shape index (κ2) is 0.873. The van der Waals surface area contributed by atoms with E-state index in [1.54, 1.807) is 0 Å². The fourth-order valence-electron chi connectivity index (χ4n) is 1.91. The van der Waals surface area contributed by atoms with Crippen LogP contribution >= 0.6 is 0 Å². The lowest BCUT2D eigenvalue weighted by molar-refractivity contribution is -0.0964. The average Bonchev–Trinajstić information content (AvgIpc) is 1.25. The molecule has 0 aliphatic heterocycles. The van der Waals surface area contributed by atoms with Gasteiger partial charge in [-0.15, -0.1) is 0 Å². The first kappa shape index (κ1) is 3.90. The molecule has 2 N–H and O–H groups in total. The molecule has 1 nitrogen and oxygen atoms in total. The molecule has 40 valence electrons. The van der Waals surface area contributed by atoms with Gasteiger partial charge in [0.05, 0.1) is 0 Å². The molecule has 0 heterocycles. The zero-order chi connectivity index (χ0) is 4.91. The van der Waals surface area contributed by atoms with Crippen LogP contribution in [0.3, 0.4) is 0 Å². The summed E-state index contributed by atoms with van der Waals surface area (Å²) in [4.78, 5) is 0. The Kier molecular flexibility index (Phi) is 0.487. The third-order valence-electron chi connectivity index (χ3n) is 2.60. The lowest BCUT2D eigenvalue weighted by Gasteiger charge is -2.61. The molecule has 0 aromatic carbocycles. The molecule has 0 saturated heterocycles. The van der Waals surface area contributed by atoms with Gasteiger partial charge in [-0.1, -0.05) is 0 Å². The van der Waals surface area contributed by atoms with E-state index in [0.717, 1.165) is 12.5 Å². The SMILES string of the molecule is NCC12CC(C1)C2. The standard InChI is InChI=1S/C6H11N/c7-4-6-1-5(2-6)3-6/h5H,1-4,7H2. The summed E-state index contributed by atoms with van der Waals surface area (Å²) in [6.45, 7) is 0.948. The molecule has 0 amide bonds. The molecule has 0 atom stereocenters. The van der Waals surface area contributed by atoms with Crippen molar-refractivity contribution in [3.05, 3.63) is 0 Å². The lowest BCUT2D eigenvalue weighted by Crippen LogP contribution is -2.55. The third kappa shape index (κ3) is 0.290. The number of hydrogen-bond acceptors (Lipinski definition) is 1. The maximum atomic E-state index is 5.51. The Bertz CT molecular complexity index is 75.3. The molecular weight excluding hydrogens is 86.1 g/mol. The number of nitrogens with two attached hydrogens (primary N) is 1. The minimum absolute atomic E-state index is 0.685. The summed E-state index contributed by atoms with van der Waals surface area (Å²) in [6, 6.07) is 0. The van der Waals surface area contributed by atoms with Crippen LogP contribution in [0, 0.1) is 11.3 Å². The second-order valence-electron chi connectivity index (χ2n) is 3.18. The van der Waals surface area contributed by atoms with Crippen LogP contribution in [-0.2, 0) is 0 Å². The topological polar surface area (TPSA) is 26.0 Å². The van der Waals surface area contributed by atoms with Crippen LogP contribution in [0.15, 0.2) is 0 Å². The van der Waals surface area contributed by atoms with Crippen LogP contribution in [0.2, 0.25) is 0 Å². The highest BCUT2D eigenvalue weighted by atomic mass is 14.7. The van der Waals surface area contributed by atoms with Gasteiger partial charge in [-0.2, -0.15) is 0 Å². The third-order valence-corrected chi connectivity index (χ3v) is 2.60. The van der Waals surface area contributed by atoms with E-state index in [4.69, 9.17) is 5.73 Å². The first-order valence-corrected chi connectivity index (χ1v) is 3.05. The second-order valence-corrected chi connectivity index (χ2v) is 3.18. The minimum atomic E-state index is 0.685. The zero-order valence-corrected chi connectivity index (χ0v) is 4.48. The highest BCUT2D eigenvalue weighted by molar-refractivity contribution is 5.06. The molecule has 3 aliphatic rings. The van der Waals surface area contributed by atoms with Crippen LogP contribution in [0.4, 0.5) is 0 Å². The Morgan fingerprint density at radius 2 is 2.00 bits per heavy atom. The fourth-order valence-corrected chi connectivity index (χ4v) is 1.91. The van der Waals surface area contributed by atoms with E-state index in [-0.39, 0.29) is 0 Å². The van der Waals surface area contributed by atoms with E-state index in [1.807, 2.05) is 0 Å². The van der Waals surface area contributed by atoms with Gasteiger partial charge < -0.3 is 5.73 Å². The van der Waals surface area contributed by atoms with Crippen molar-refractivity contribution >= 4 is 0 Å². The quantitative estimate of drug-likeness (QED) is 0.513. The average molecular weight is 97.2 g/mol. The van der Waals surface area contributed by atoms with E-state index < -0.39 is 0 Å². The van der Waals surface area contributed by atoms with Crippen LogP contribution < -0.4 is 5.73 Å². The molecular formula is C6H11N. The van der Waals surface area contributed by atoms with Gasteiger partial charge in [0.25, 0.3) is 0 Å². The Balaban J connectivity index is 2.03. The fraction of sp³-hybridized carbons (Fsp3) is 1.00. The summed E-state index contributed by atoms with van der Waals surface area (Å²) >= 11 is 0. The molecule has 3 saturated carbocycles. The zero-order valence-electron chi connectivity index (χ0n) is 4.48. The van der Waals surface area contributed by atoms with Gasteiger partial charge in [0, 0.05) is 0 Å². The molecule has 3 fully saturated rings. The van der Waals surface area contributed by atoms with E-state index in [9.17, 15) is 0 Å². The van der Waals surface area contributed by atoms with Crippen molar-refractivity contribution < 1.29 is 0 Å². The molecule has 7 heavy (non-hydrogen) atoms. The molecule has 0 aromatic rings. The van der Waals surface area contributed by atoms with E-state index in [0.29, 0.717) is 5.41 Å². The van der Waals surface area contributed by atoms with Gasteiger partial charge in [0.1, 0.15) is 0 Å². The van der Waals surface area contributed by atoms with Crippen LogP contribution in [0.25, 0.3) is 0 Å². The first-order valence-electron chi connectivity index (χ1n) is 3.05. The summed E-state index contributed by atoms with van der Waals surface area (Å²) in [7, 11) is 0. The highest BCUT2D eigenvalue weighted by Gasteiger charge is 2.55. The molecule has 0 radical (unpaired) electrons. The predicted molar refractivity (Wildman–Crippen MR) is 28.8 cm³/mol. The van der Waals surface area contributed by atoms with Gasteiger partial charge in [-0.3, -0.25) is 0 Å². The van der Waals surface area contributed by atoms with Crippen molar-refractivity contribution in [1.82, 2.24) is 0 Å². The van der Waals surface area contributed by atoms with Gasteiger partial charge in [0.2, 0.25) is 0 Å². The highest BCUT2D eigenvalue weighted by Crippen LogP contribution is 2.63. The maximum absolute atomic E-state index is 5.51. The van der Waals surface area contributed by atoms with Crippen molar-refractivity contribution in [2.45, 2.75) is 19.3 Å². The van der Waals surface area contributed by atoms with Crippen LogP contribution in [0.1, 0.15) is 19.3 Å². The summed E-state index contributed by atoms with van der Waals surface area (Å²) in [5, 5.41) is 0. The van der Waals surface area contributed by atoms with Crippen molar-refractivity contribution in [3.8, 4) is 0 Å².